The second kappa shape index (κ2) is 7.52. The van der Waals surface area contributed by atoms with Crippen LogP contribution in [0, 0.1) is 35.5 Å². The summed E-state index contributed by atoms with van der Waals surface area (Å²) in [6.07, 6.45) is 4.73. The maximum atomic E-state index is 9.10. The number of rotatable bonds is 6. The summed E-state index contributed by atoms with van der Waals surface area (Å²) < 4.78 is 2.02. The number of hydrogen-bond donors (Lipinski definition) is 0. The summed E-state index contributed by atoms with van der Waals surface area (Å²) in [5.41, 5.74) is 2.27. The van der Waals surface area contributed by atoms with E-state index in [4.69, 9.17) is 10.5 Å². The minimum atomic E-state index is -0.114. The van der Waals surface area contributed by atoms with E-state index >= 15 is 0 Å². The number of nitrogens with zero attached hydrogens (tertiary/aromatic N) is 4. The highest BCUT2D eigenvalue weighted by molar-refractivity contribution is 7.99. The molecule has 2 rings (SSSR count). The zero-order chi connectivity index (χ0) is 15.1. The van der Waals surface area contributed by atoms with Gasteiger partial charge in [-0.1, -0.05) is 23.9 Å². The highest BCUT2D eigenvalue weighted by Crippen LogP contribution is 2.24. The lowest BCUT2D eigenvalue weighted by molar-refractivity contribution is 0.683. The van der Waals surface area contributed by atoms with Crippen LogP contribution in [-0.2, 0) is 0 Å². The molecule has 1 aromatic carbocycles. The van der Waals surface area contributed by atoms with Crippen molar-refractivity contribution >= 4 is 11.8 Å². The number of aromatic nitrogens is 2. The van der Waals surface area contributed by atoms with Gasteiger partial charge in [-0.2, -0.15) is 10.5 Å². The van der Waals surface area contributed by atoms with Crippen molar-refractivity contribution in [3.8, 4) is 17.8 Å². The predicted octanol–water partition coefficient (Wildman–Crippen LogP) is 3.72. The number of benzene rings is 1. The van der Waals surface area contributed by atoms with Gasteiger partial charge in [-0.05, 0) is 31.0 Å². The Hall–Kier alpha value is -2.24. The standard InChI is InChI=1S/C16H16N4S/c1-13-4-2-6-15(10-13)20-9-8-19-16(20)21-12-14(11-18)5-3-7-17/h2,4,6,8-10,14H,3,5,12H2,1H3/t14-/m0/s1. The molecule has 2 aromatic rings. The summed E-state index contributed by atoms with van der Waals surface area (Å²) in [5, 5.41) is 18.6. The summed E-state index contributed by atoms with van der Waals surface area (Å²) in [6.45, 7) is 2.06. The first-order chi connectivity index (χ1) is 10.2. The van der Waals surface area contributed by atoms with Gasteiger partial charge in [0.15, 0.2) is 5.16 Å². The van der Waals surface area contributed by atoms with Gasteiger partial charge in [0.05, 0.1) is 18.1 Å². The zero-order valence-corrected chi connectivity index (χ0v) is 12.7. The molecule has 0 aliphatic heterocycles. The van der Waals surface area contributed by atoms with Crippen LogP contribution in [0.15, 0.2) is 41.8 Å². The van der Waals surface area contributed by atoms with Crippen molar-refractivity contribution in [1.29, 1.82) is 10.5 Å². The monoisotopic (exact) mass is 296 g/mol. The van der Waals surface area contributed by atoms with Crippen LogP contribution in [0.3, 0.4) is 0 Å². The lowest BCUT2D eigenvalue weighted by atomic mass is 10.1. The van der Waals surface area contributed by atoms with Crippen LogP contribution in [0.1, 0.15) is 18.4 Å². The molecule has 0 spiro atoms. The van der Waals surface area contributed by atoms with Crippen LogP contribution in [0.2, 0.25) is 0 Å². The van der Waals surface area contributed by atoms with Gasteiger partial charge in [0, 0.05) is 30.3 Å². The highest BCUT2D eigenvalue weighted by Gasteiger charge is 2.11. The molecule has 0 aliphatic rings. The van der Waals surface area contributed by atoms with Crippen molar-refractivity contribution in [2.24, 2.45) is 5.92 Å². The molecule has 0 unspecified atom stereocenters. The Morgan fingerprint density at radius 2 is 2.24 bits per heavy atom. The Balaban J connectivity index is 2.08. The van der Waals surface area contributed by atoms with Crippen LogP contribution in [-0.4, -0.2) is 15.3 Å². The van der Waals surface area contributed by atoms with Gasteiger partial charge in [-0.3, -0.25) is 4.57 Å². The fourth-order valence-corrected chi connectivity index (χ4v) is 3.00. The molecule has 0 saturated carbocycles. The van der Waals surface area contributed by atoms with Gasteiger partial charge in [-0.15, -0.1) is 0 Å². The lowest BCUT2D eigenvalue weighted by Gasteiger charge is -2.10. The van der Waals surface area contributed by atoms with Crippen molar-refractivity contribution in [2.75, 3.05) is 5.75 Å². The first-order valence-electron chi connectivity index (χ1n) is 6.74. The molecule has 1 heterocycles. The Morgan fingerprint density at radius 3 is 2.95 bits per heavy atom. The van der Waals surface area contributed by atoms with E-state index in [0.717, 1.165) is 10.8 Å². The van der Waals surface area contributed by atoms with Crippen molar-refractivity contribution in [2.45, 2.75) is 24.9 Å². The van der Waals surface area contributed by atoms with Crippen LogP contribution in [0.25, 0.3) is 5.69 Å². The van der Waals surface area contributed by atoms with Gasteiger partial charge in [0.25, 0.3) is 0 Å². The van der Waals surface area contributed by atoms with Crippen LogP contribution >= 0.6 is 11.8 Å². The number of thioether (sulfide) groups is 1. The van der Waals surface area contributed by atoms with Crippen molar-refractivity contribution in [3.05, 3.63) is 42.2 Å². The fourth-order valence-electron chi connectivity index (χ4n) is 1.97. The van der Waals surface area contributed by atoms with Gasteiger partial charge in [-0.25, -0.2) is 4.98 Å². The third-order valence-corrected chi connectivity index (χ3v) is 4.22. The molecule has 21 heavy (non-hydrogen) atoms. The summed E-state index contributed by atoms with van der Waals surface area (Å²) in [7, 11) is 0. The Bertz CT molecular complexity index is 678. The Labute approximate surface area is 129 Å². The van der Waals surface area contributed by atoms with E-state index in [9.17, 15) is 0 Å². The van der Waals surface area contributed by atoms with E-state index in [2.05, 4.69) is 36.2 Å². The second-order valence-electron chi connectivity index (χ2n) is 4.75. The second-order valence-corrected chi connectivity index (χ2v) is 5.74. The number of aryl methyl sites for hydroxylation is 1. The SMILES string of the molecule is Cc1cccc(-n2ccnc2SC[C@H](C#N)CCC#N)c1. The van der Waals surface area contributed by atoms with Gasteiger partial charge in [0.1, 0.15) is 0 Å². The third kappa shape index (κ3) is 4.11. The maximum absolute atomic E-state index is 9.10. The number of hydrogen-bond acceptors (Lipinski definition) is 4. The highest BCUT2D eigenvalue weighted by atomic mass is 32.2. The summed E-state index contributed by atoms with van der Waals surface area (Å²) >= 11 is 1.56. The Kier molecular flexibility index (Phi) is 5.43. The molecular weight excluding hydrogens is 280 g/mol. The zero-order valence-electron chi connectivity index (χ0n) is 11.9. The molecule has 0 aliphatic carbocycles. The van der Waals surface area contributed by atoms with Crippen LogP contribution in [0.4, 0.5) is 0 Å². The van der Waals surface area contributed by atoms with E-state index in [1.54, 1.807) is 18.0 Å². The minimum Gasteiger partial charge on any atom is -0.295 e. The van der Waals surface area contributed by atoms with E-state index < -0.39 is 0 Å². The lowest BCUT2D eigenvalue weighted by Crippen LogP contribution is -2.02. The van der Waals surface area contributed by atoms with Gasteiger partial charge in [0.2, 0.25) is 0 Å². The van der Waals surface area contributed by atoms with E-state index in [1.165, 1.54) is 5.56 Å². The summed E-state index contributed by atoms with van der Waals surface area (Å²) in [4.78, 5) is 4.36. The number of nitriles is 2. The molecule has 0 radical (unpaired) electrons. The van der Waals surface area contributed by atoms with Crippen molar-refractivity contribution in [1.82, 2.24) is 9.55 Å². The van der Waals surface area contributed by atoms with Crippen molar-refractivity contribution < 1.29 is 0 Å². The largest absolute Gasteiger partial charge is 0.295 e. The molecule has 4 nitrogen and oxygen atoms in total. The van der Waals surface area contributed by atoms with Crippen molar-refractivity contribution in [3.63, 3.8) is 0 Å². The average Bonchev–Trinajstić information content (AvgIpc) is 2.96. The third-order valence-electron chi connectivity index (χ3n) is 3.09. The molecule has 0 bridgehead atoms. The van der Waals surface area contributed by atoms with E-state index in [0.29, 0.717) is 18.6 Å². The molecule has 1 atom stereocenters. The fraction of sp³-hybridized carbons (Fsp3) is 0.312. The molecule has 0 fully saturated rings. The first-order valence-corrected chi connectivity index (χ1v) is 7.73. The molecule has 1 aromatic heterocycles. The minimum absolute atomic E-state index is 0.114. The molecule has 0 saturated heterocycles. The normalized spacial score (nSPS) is 11.6. The summed E-state index contributed by atoms with van der Waals surface area (Å²) in [6, 6.07) is 12.6. The molecule has 0 N–H and O–H groups in total. The number of imidazole rings is 1. The molecular formula is C16H16N4S. The molecule has 5 heteroatoms. The maximum Gasteiger partial charge on any atom is 0.172 e. The summed E-state index contributed by atoms with van der Waals surface area (Å²) in [5.74, 6) is 0.540. The first kappa shape index (κ1) is 15.2. The van der Waals surface area contributed by atoms with E-state index in [-0.39, 0.29) is 5.92 Å². The topological polar surface area (TPSA) is 65.4 Å². The van der Waals surface area contributed by atoms with Gasteiger partial charge < -0.3 is 0 Å². The van der Waals surface area contributed by atoms with Crippen LogP contribution in [0.5, 0.6) is 0 Å². The van der Waals surface area contributed by atoms with Crippen LogP contribution < -0.4 is 0 Å². The Morgan fingerprint density at radius 1 is 1.38 bits per heavy atom. The smallest absolute Gasteiger partial charge is 0.172 e. The molecule has 106 valence electrons. The van der Waals surface area contributed by atoms with Gasteiger partial charge >= 0.3 is 0 Å². The molecule has 0 amide bonds. The van der Waals surface area contributed by atoms with E-state index in [1.807, 2.05) is 22.9 Å². The predicted molar refractivity (Wildman–Crippen MR) is 83.0 cm³/mol. The quantitative estimate of drug-likeness (QED) is 0.762. The average molecular weight is 296 g/mol.